The number of hydrogen-bond acceptors (Lipinski definition) is 3. The molecule has 1 heterocycles. The summed E-state index contributed by atoms with van der Waals surface area (Å²) in [4.78, 5) is 12.8. The fourth-order valence-corrected chi connectivity index (χ4v) is 2.58. The van der Waals surface area contributed by atoms with E-state index in [1.165, 1.54) is 11.3 Å². The van der Waals surface area contributed by atoms with Crippen LogP contribution in [0.5, 0.6) is 5.75 Å². The molecule has 0 spiro atoms. The smallest absolute Gasteiger partial charge is 0.203 e. The molecular weight excluding hydrogens is 256 g/mol. The van der Waals surface area contributed by atoms with Crippen LogP contribution < -0.4 is 4.74 Å². The predicted octanol–water partition coefficient (Wildman–Crippen LogP) is 3.95. The van der Waals surface area contributed by atoms with Gasteiger partial charge in [0.15, 0.2) is 0 Å². The molecule has 0 saturated carbocycles. The Labute approximate surface area is 109 Å². The van der Waals surface area contributed by atoms with E-state index in [0.717, 1.165) is 11.3 Å². The number of hydrogen-bond donors (Lipinski definition) is 0. The second-order valence-electron chi connectivity index (χ2n) is 3.61. The lowest BCUT2D eigenvalue weighted by Gasteiger charge is -2.05. The lowest BCUT2D eigenvalue weighted by Crippen LogP contribution is -2.01. The average Bonchev–Trinajstić information content (AvgIpc) is 2.75. The van der Waals surface area contributed by atoms with Gasteiger partial charge in [-0.1, -0.05) is 11.6 Å². The van der Waals surface area contributed by atoms with Gasteiger partial charge in [0.2, 0.25) is 5.78 Å². The number of benzene rings is 1. The minimum atomic E-state index is 0.00190. The molecule has 0 amide bonds. The first-order chi connectivity index (χ1) is 8.11. The Morgan fingerprint density at radius 2 is 2.06 bits per heavy atom. The molecule has 1 aromatic carbocycles. The van der Waals surface area contributed by atoms with Crippen LogP contribution in [0.2, 0.25) is 4.34 Å². The number of carbonyl (C=O) groups is 1. The first-order valence-electron chi connectivity index (χ1n) is 5.06. The molecule has 0 radical (unpaired) electrons. The van der Waals surface area contributed by atoms with Gasteiger partial charge in [-0.15, -0.1) is 11.3 Å². The van der Waals surface area contributed by atoms with Gasteiger partial charge in [-0.25, -0.2) is 0 Å². The quantitative estimate of drug-likeness (QED) is 0.787. The van der Waals surface area contributed by atoms with Gasteiger partial charge < -0.3 is 4.74 Å². The van der Waals surface area contributed by atoms with E-state index in [9.17, 15) is 4.79 Å². The lowest BCUT2D eigenvalue weighted by atomic mass is 10.0. The van der Waals surface area contributed by atoms with Crippen molar-refractivity contribution in [3.63, 3.8) is 0 Å². The topological polar surface area (TPSA) is 26.3 Å². The molecule has 0 aliphatic rings. The Balaban J connectivity index is 2.37. The molecule has 0 fully saturated rings. The van der Waals surface area contributed by atoms with Gasteiger partial charge >= 0.3 is 0 Å². The molecule has 2 nitrogen and oxygen atoms in total. The summed E-state index contributed by atoms with van der Waals surface area (Å²) in [6, 6.07) is 8.90. The molecule has 0 N–H and O–H groups in total. The fraction of sp³-hybridized carbons (Fsp3) is 0.154. The van der Waals surface area contributed by atoms with E-state index < -0.39 is 0 Å². The van der Waals surface area contributed by atoms with E-state index in [-0.39, 0.29) is 5.78 Å². The maximum atomic E-state index is 12.2. The Hall–Kier alpha value is -1.32. The molecule has 2 rings (SSSR count). The molecule has 0 atom stereocenters. The van der Waals surface area contributed by atoms with Crippen LogP contribution in [0.1, 0.15) is 20.8 Å². The number of aryl methyl sites for hydroxylation is 1. The highest BCUT2D eigenvalue weighted by Crippen LogP contribution is 2.26. The van der Waals surface area contributed by atoms with Crippen molar-refractivity contribution in [2.45, 2.75) is 6.92 Å². The summed E-state index contributed by atoms with van der Waals surface area (Å²) in [7, 11) is 1.61. The Morgan fingerprint density at radius 1 is 1.29 bits per heavy atom. The van der Waals surface area contributed by atoms with E-state index in [1.54, 1.807) is 31.4 Å². The van der Waals surface area contributed by atoms with Crippen molar-refractivity contribution in [3.05, 3.63) is 50.7 Å². The summed E-state index contributed by atoms with van der Waals surface area (Å²) in [5, 5.41) is 0. The number of ketones is 1. The van der Waals surface area contributed by atoms with Crippen LogP contribution in [-0.2, 0) is 0 Å². The molecular formula is C13H11ClO2S. The minimum Gasteiger partial charge on any atom is -0.497 e. The van der Waals surface area contributed by atoms with Gasteiger partial charge in [0.05, 0.1) is 16.3 Å². The van der Waals surface area contributed by atoms with Crippen LogP contribution in [0.4, 0.5) is 0 Å². The van der Waals surface area contributed by atoms with Crippen LogP contribution in [0.25, 0.3) is 0 Å². The van der Waals surface area contributed by atoms with Crippen LogP contribution in [0.3, 0.4) is 0 Å². The number of rotatable bonds is 3. The average molecular weight is 267 g/mol. The molecule has 0 bridgehead atoms. The third kappa shape index (κ3) is 2.51. The summed E-state index contributed by atoms with van der Waals surface area (Å²) in [6.07, 6.45) is 0. The molecule has 0 aliphatic carbocycles. The van der Waals surface area contributed by atoms with Gasteiger partial charge in [0, 0.05) is 5.56 Å². The van der Waals surface area contributed by atoms with Crippen LogP contribution >= 0.6 is 22.9 Å². The van der Waals surface area contributed by atoms with Crippen LogP contribution in [-0.4, -0.2) is 12.9 Å². The number of thiophene rings is 1. The highest BCUT2D eigenvalue weighted by molar-refractivity contribution is 7.18. The molecule has 88 valence electrons. The van der Waals surface area contributed by atoms with Crippen molar-refractivity contribution in [2.24, 2.45) is 0 Å². The Kier molecular flexibility index (Phi) is 3.50. The summed E-state index contributed by atoms with van der Waals surface area (Å²) < 4.78 is 5.73. The Bertz CT molecular complexity index is 560. The molecule has 1 aromatic heterocycles. The van der Waals surface area contributed by atoms with Gasteiger partial charge in [-0.05, 0) is 42.8 Å². The minimum absolute atomic E-state index is 0.00190. The maximum absolute atomic E-state index is 12.2. The predicted molar refractivity (Wildman–Crippen MR) is 70.5 cm³/mol. The zero-order chi connectivity index (χ0) is 12.4. The van der Waals surface area contributed by atoms with E-state index >= 15 is 0 Å². The molecule has 17 heavy (non-hydrogen) atoms. The third-order valence-electron chi connectivity index (χ3n) is 2.48. The van der Waals surface area contributed by atoms with Crippen molar-refractivity contribution in [1.29, 1.82) is 0 Å². The van der Waals surface area contributed by atoms with Gasteiger partial charge in [-0.3, -0.25) is 4.79 Å². The van der Waals surface area contributed by atoms with E-state index in [4.69, 9.17) is 16.3 Å². The Morgan fingerprint density at radius 3 is 2.59 bits per heavy atom. The summed E-state index contributed by atoms with van der Waals surface area (Å²) >= 11 is 7.12. The van der Waals surface area contributed by atoms with Crippen molar-refractivity contribution in [1.82, 2.24) is 0 Å². The standard InChI is InChI=1S/C13H11ClO2S/c1-8-7-9(16-2)3-4-10(8)13(15)11-5-6-12(14)17-11/h3-7H,1-2H3. The summed E-state index contributed by atoms with van der Waals surface area (Å²) in [5.74, 6) is 0.755. The maximum Gasteiger partial charge on any atom is 0.203 e. The molecule has 0 saturated heterocycles. The molecule has 2 aromatic rings. The van der Waals surface area contributed by atoms with Crippen molar-refractivity contribution in [3.8, 4) is 5.75 Å². The van der Waals surface area contributed by atoms with Gasteiger partial charge in [0.25, 0.3) is 0 Å². The summed E-state index contributed by atoms with van der Waals surface area (Å²) in [5.41, 5.74) is 1.59. The summed E-state index contributed by atoms with van der Waals surface area (Å²) in [6.45, 7) is 1.89. The zero-order valence-corrected chi connectivity index (χ0v) is 11.1. The van der Waals surface area contributed by atoms with E-state index in [2.05, 4.69) is 0 Å². The van der Waals surface area contributed by atoms with Crippen LogP contribution in [0, 0.1) is 6.92 Å². The molecule has 4 heteroatoms. The number of halogens is 1. The molecule has 0 aliphatic heterocycles. The first-order valence-corrected chi connectivity index (χ1v) is 6.26. The largest absolute Gasteiger partial charge is 0.497 e. The molecule has 0 unspecified atom stereocenters. The van der Waals surface area contributed by atoms with Crippen LogP contribution in [0.15, 0.2) is 30.3 Å². The highest BCUT2D eigenvalue weighted by Gasteiger charge is 2.14. The van der Waals surface area contributed by atoms with Crippen molar-refractivity contribution in [2.75, 3.05) is 7.11 Å². The van der Waals surface area contributed by atoms with Crippen molar-refractivity contribution < 1.29 is 9.53 Å². The van der Waals surface area contributed by atoms with Gasteiger partial charge in [-0.2, -0.15) is 0 Å². The second-order valence-corrected chi connectivity index (χ2v) is 5.33. The number of carbonyl (C=O) groups excluding carboxylic acids is 1. The second kappa shape index (κ2) is 4.90. The SMILES string of the molecule is COc1ccc(C(=O)c2ccc(Cl)s2)c(C)c1. The normalized spacial score (nSPS) is 10.3. The van der Waals surface area contributed by atoms with Gasteiger partial charge in [0.1, 0.15) is 5.75 Å². The number of ether oxygens (including phenoxy) is 1. The fourth-order valence-electron chi connectivity index (χ4n) is 1.59. The zero-order valence-electron chi connectivity index (χ0n) is 9.49. The van der Waals surface area contributed by atoms with Crippen molar-refractivity contribution >= 4 is 28.7 Å². The third-order valence-corrected chi connectivity index (χ3v) is 3.71. The number of methoxy groups -OCH3 is 1. The first kappa shape index (κ1) is 12.1. The monoisotopic (exact) mass is 266 g/mol. The van der Waals surface area contributed by atoms with E-state index in [1.807, 2.05) is 13.0 Å². The highest BCUT2D eigenvalue weighted by atomic mass is 35.5. The lowest BCUT2D eigenvalue weighted by molar-refractivity contribution is 0.104. The van der Waals surface area contributed by atoms with E-state index in [0.29, 0.717) is 14.8 Å².